The van der Waals surface area contributed by atoms with Crippen LogP contribution in [0.2, 0.25) is 0 Å². The van der Waals surface area contributed by atoms with Crippen molar-refractivity contribution in [1.82, 2.24) is 20.3 Å². The molecule has 1 atom stereocenters. The largest absolute Gasteiger partial charge is 0.476 e. The van der Waals surface area contributed by atoms with Gasteiger partial charge >= 0.3 is 12.1 Å². The van der Waals surface area contributed by atoms with E-state index in [4.69, 9.17) is 9.47 Å². The van der Waals surface area contributed by atoms with Crippen LogP contribution in [0.1, 0.15) is 56.3 Å². The number of carbonyl (C=O) groups is 2. The van der Waals surface area contributed by atoms with E-state index in [1.165, 1.54) is 4.68 Å². The molecule has 0 saturated carbocycles. The molecule has 9 heteroatoms. The number of hydrogen-bond donors (Lipinski definition) is 2. The smallest absolute Gasteiger partial charge is 0.407 e. The number of aromatic nitrogens is 3. The van der Waals surface area contributed by atoms with Crippen molar-refractivity contribution < 1.29 is 24.2 Å². The van der Waals surface area contributed by atoms with Gasteiger partial charge in [0.25, 0.3) is 0 Å². The average Bonchev–Trinajstić information content (AvgIpc) is 2.84. The van der Waals surface area contributed by atoms with Crippen molar-refractivity contribution in [3.8, 4) is 0 Å². The van der Waals surface area contributed by atoms with Crippen LogP contribution in [0, 0.1) is 0 Å². The molecular formula is C14H24N4O5. The van der Waals surface area contributed by atoms with Gasteiger partial charge in [-0.25, -0.2) is 14.3 Å². The van der Waals surface area contributed by atoms with Crippen LogP contribution in [0.5, 0.6) is 0 Å². The summed E-state index contributed by atoms with van der Waals surface area (Å²) in [7, 11) is 1.59. The SMILES string of the molecule is COCCC(C)n1nnc(C(=O)O)c1CNC(=O)OC(C)(C)C. The number of methoxy groups -OCH3 is 1. The van der Waals surface area contributed by atoms with Gasteiger partial charge in [0.1, 0.15) is 5.60 Å². The standard InChI is InChI=1S/C14H24N4O5/c1-9(6-7-22-5)18-10(11(12(19)20)16-17-18)8-15-13(21)23-14(2,3)4/h9H,6-8H2,1-5H3,(H,15,21)(H,19,20). The first kappa shape index (κ1) is 18.9. The summed E-state index contributed by atoms with van der Waals surface area (Å²) >= 11 is 0. The maximum atomic E-state index is 11.7. The summed E-state index contributed by atoms with van der Waals surface area (Å²) in [5, 5.41) is 19.3. The monoisotopic (exact) mass is 328 g/mol. The van der Waals surface area contributed by atoms with Crippen molar-refractivity contribution in [3.63, 3.8) is 0 Å². The van der Waals surface area contributed by atoms with Gasteiger partial charge in [-0.2, -0.15) is 0 Å². The van der Waals surface area contributed by atoms with Crippen LogP contribution in [0.15, 0.2) is 0 Å². The number of aromatic carboxylic acids is 1. The number of carbonyl (C=O) groups excluding carboxylic acids is 1. The lowest BCUT2D eigenvalue weighted by molar-refractivity contribution is 0.0518. The van der Waals surface area contributed by atoms with Crippen LogP contribution in [-0.4, -0.2) is 51.5 Å². The maximum Gasteiger partial charge on any atom is 0.407 e. The Hall–Kier alpha value is -2.16. The van der Waals surface area contributed by atoms with Crippen LogP contribution in [0.3, 0.4) is 0 Å². The Morgan fingerprint density at radius 3 is 2.57 bits per heavy atom. The molecule has 0 fully saturated rings. The molecule has 1 amide bonds. The predicted octanol–water partition coefficient (Wildman–Crippen LogP) is 1.60. The Balaban J connectivity index is 2.87. The Bertz CT molecular complexity index is 550. The first-order valence-corrected chi connectivity index (χ1v) is 7.29. The second-order valence-electron chi connectivity index (χ2n) is 6.12. The van der Waals surface area contributed by atoms with Crippen molar-refractivity contribution in [3.05, 3.63) is 11.4 Å². The Labute approximate surface area is 135 Å². The lowest BCUT2D eigenvalue weighted by Gasteiger charge is -2.20. The number of rotatable bonds is 7. The molecule has 0 saturated heterocycles. The predicted molar refractivity (Wildman–Crippen MR) is 81.3 cm³/mol. The van der Waals surface area contributed by atoms with Crippen molar-refractivity contribution in [2.24, 2.45) is 0 Å². The Kier molecular flexibility index (Phi) is 6.49. The minimum Gasteiger partial charge on any atom is -0.476 e. The summed E-state index contributed by atoms with van der Waals surface area (Å²) in [4.78, 5) is 23.0. The maximum absolute atomic E-state index is 11.7. The van der Waals surface area contributed by atoms with E-state index in [0.717, 1.165) is 0 Å². The molecule has 2 N–H and O–H groups in total. The highest BCUT2D eigenvalue weighted by Gasteiger charge is 2.23. The van der Waals surface area contributed by atoms with Gasteiger partial charge < -0.3 is 19.9 Å². The van der Waals surface area contributed by atoms with E-state index in [0.29, 0.717) is 18.7 Å². The third kappa shape index (κ3) is 5.85. The van der Waals surface area contributed by atoms with Crippen molar-refractivity contribution in [1.29, 1.82) is 0 Å². The molecule has 0 aromatic carbocycles. The summed E-state index contributed by atoms with van der Waals surface area (Å²) in [5.74, 6) is -1.20. The van der Waals surface area contributed by atoms with Gasteiger partial charge in [-0.05, 0) is 34.1 Å². The number of ether oxygens (including phenoxy) is 2. The highest BCUT2D eigenvalue weighted by Crippen LogP contribution is 2.16. The molecule has 0 aliphatic heterocycles. The van der Waals surface area contributed by atoms with Crippen molar-refractivity contribution in [2.75, 3.05) is 13.7 Å². The third-order valence-corrected chi connectivity index (χ3v) is 2.95. The van der Waals surface area contributed by atoms with Crippen LogP contribution in [0.25, 0.3) is 0 Å². The van der Waals surface area contributed by atoms with Gasteiger partial charge in [0.05, 0.1) is 18.3 Å². The van der Waals surface area contributed by atoms with Gasteiger partial charge in [0.15, 0.2) is 5.69 Å². The molecule has 1 aromatic rings. The highest BCUT2D eigenvalue weighted by atomic mass is 16.6. The lowest BCUT2D eigenvalue weighted by atomic mass is 10.2. The number of amides is 1. The third-order valence-electron chi connectivity index (χ3n) is 2.95. The molecule has 1 unspecified atom stereocenters. The van der Waals surface area contributed by atoms with Gasteiger partial charge in [-0.15, -0.1) is 5.10 Å². The summed E-state index contributed by atoms with van der Waals surface area (Å²) < 4.78 is 11.6. The lowest BCUT2D eigenvalue weighted by Crippen LogP contribution is -2.33. The molecule has 0 aliphatic rings. The quantitative estimate of drug-likeness (QED) is 0.781. The molecule has 130 valence electrons. The Morgan fingerprint density at radius 2 is 2.04 bits per heavy atom. The van der Waals surface area contributed by atoms with Crippen LogP contribution in [-0.2, 0) is 16.0 Å². The van der Waals surface area contributed by atoms with Crippen molar-refractivity contribution >= 4 is 12.1 Å². The molecule has 0 spiro atoms. The molecule has 1 heterocycles. The van der Waals surface area contributed by atoms with E-state index in [2.05, 4.69) is 15.6 Å². The number of nitrogens with zero attached hydrogens (tertiary/aromatic N) is 3. The summed E-state index contributed by atoms with van der Waals surface area (Å²) in [6, 6.07) is -0.119. The fourth-order valence-electron chi connectivity index (χ4n) is 1.88. The Morgan fingerprint density at radius 1 is 1.39 bits per heavy atom. The van der Waals surface area contributed by atoms with E-state index < -0.39 is 17.7 Å². The molecular weight excluding hydrogens is 304 g/mol. The van der Waals surface area contributed by atoms with E-state index in [-0.39, 0.29) is 18.3 Å². The minimum atomic E-state index is -1.20. The second-order valence-corrected chi connectivity index (χ2v) is 6.12. The summed E-state index contributed by atoms with van der Waals surface area (Å²) in [6.07, 6.45) is 0.00405. The fraction of sp³-hybridized carbons (Fsp3) is 0.714. The number of alkyl carbamates (subject to hydrolysis) is 1. The zero-order valence-corrected chi connectivity index (χ0v) is 14.1. The molecule has 0 bridgehead atoms. The summed E-state index contributed by atoms with van der Waals surface area (Å²) in [6.45, 7) is 7.56. The zero-order chi connectivity index (χ0) is 17.6. The van der Waals surface area contributed by atoms with Gasteiger partial charge in [0.2, 0.25) is 0 Å². The highest BCUT2D eigenvalue weighted by molar-refractivity contribution is 5.86. The molecule has 9 nitrogen and oxygen atoms in total. The number of carboxylic acids is 1. The number of nitrogens with one attached hydrogen (secondary N) is 1. The van der Waals surface area contributed by atoms with E-state index in [9.17, 15) is 14.7 Å². The van der Waals surface area contributed by atoms with Gasteiger partial charge in [-0.3, -0.25) is 0 Å². The van der Waals surface area contributed by atoms with E-state index >= 15 is 0 Å². The molecule has 0 radical (unpaired) electrons. The normalized spacial score (nSPS) is 12.7. The van der Waals surface area contributed by atoms with Crippen LogP contribution in [0.4, 0.5) is 4.79 Å². The van der Waals surface area contributed by atoms with E-state index in [1.807, 2.05) is 6.92 Å². The first-order chi connectivity index (χ1) is 10.7. The molecule has 0 aliphatic carbocycles. The van der Waals surface area contributed by atoms with Gasteiger partial charge in [0, 0.05) is 13.7 Å². The second kappa shape index (κ2) is 7.91. The van der Waals surface area contributed by atoms with Gasteiger partial charge in [-0.1, -0.05) is 5.21 Å². The molecule has 23 heavy (non-hydrogen) atoms. The van der Waals surface area contributed by atoms with E-state index in [1.54, 1.807) is 27.9 Å². The minimum absolute atomic E-state index is 0.0408. The van der Waals surface area contributed by atoms with Crippen molar-refractivity contribution in [2.45, 2.75) is 52.3 Å². The fourth-order valence-corrected chi connectivity index (χ4v) is 1.88. The number of hydrogen-bond acceptors (Lipinski definition) is 6. The topological polar surface area (TPSA) is 116 Å². The number of carboxylic acid groups (broad SMARTS) is 1. The zero-order valence-electron chi connectivity index (χ0n) is 14.1. The average molecular weight is 328 g/mol. The van der Waals surface area contributed by atoms with Crippen LogP contribution >= 0.6 is 0 Å². The molecule has 1 aromatic heterocycles. The summed E-state index contributed by atoms with van der Waals surface area (Å²) in [5.41, 5.74) is -0.512. The first-order valence-electron chi connectivity index (χ1n) is 7.29. The molecule has 1 rings (SSSR count). The van der Waals surface area contributed by atoms with Crippen LogP contribution < -0.4 is 5.32 Å².